The molecular formula is C15H20N2O3. The van der Waals surface area contributed by atoms with Gasteiger partial charge in [-0.05, 0) is 19.3 Å². The third-order valence-corrected chi connectivity index (χ3v) is 3.76. The van der Waals surface area contributed by atoms with Crippen LogP contribution in [0.3, 0.4) is 0 Å². The number of hydrogen-bond acceptors (Lipinski definition) is 4. The highest BCUT2D eigenvalue weighted by atomic mass is 16.5. The predicted molar refractivity (Wildman–Crippen MR) is 76.5 cm³/mol. The minimum Gasteiger partial charge on any atom is -0.493 e. The maximum absolute atomic E-state index is 5.64. The first-order valence-corrected chi connectivity index (χ1v) is 7.02. The number of H-pyrrole nitrogens is 1. The van der Waals surface area contributed by atoms with Gasteiger partial charge in [0.2, 0.25) is 0 Å². The minimum atomic E-state index is 0.396. The predicted octanol–water partition coefficient (Wildman–Crippen LogP) is 2.69. The summed E-state index contributed by atoms with van der Waals surface area (Å²) >= 11 is 0. The highest BCUT2D eigenvalue weighted by Crippen LogP contribution is 2.31. The van der Waals surface area contributed by atoms with Crippen molar-refractivity contribution in [2.45, 2.75) is 31.8 Å². The van der Waals surface area contributed by atoms with Gasteiger partial charge in [-0.1, -0.05) is 0 Å². The van der Waals surface area contributed by atoms with E-state index in [-0.39, 0.29) is 0 Å². The number of aromatic amines is 1. The first-order chi connectivity index (χ1) is 9.80. The summed E-state index contributed by atoms with van der Waals surface area (Å²) in [4.78, 5) is 7.95. The molecular weight excluding hydrogens is 256 g/mol. The van der Waals surface area contributed by atoms with Crippen LogP contribution in [-0.2, 0) is 11.2 Å². The Kier molecular flexibility index (Phi) is 3.78. The maximum atomic E-state index is 5.64. The molecule has 3 rings (SSSR count). The lowest BCUT2D eigenvalue weighted by atomic mass is 10.1. The lowest BCUT2D eigenvalue weighted by molar-refractivity contribution is 0.104. The molecule has 1 aromatic carbocycles. The van der Waals surface area contributed by atoms with Crippen LogP contribution in [0.5, 0.6) is 11.5 Å². The Morgan fingerprint density at radius 1 is 1.30 bits per heavy atom. The minimum absolute atomic E-state index is 0.396. The normalized spacial score (nSPS) is 18.6. The van der Waals surface area contributed by atoms with Crippen molar-refractivity contribution in [3.8, 4) is 11.5 Å². The van der Waals surface area contributed by atoms with Crippen LogP contribution < -0.4 is 9.47 Å². The van der Waals surface area contributed by atoms with Crippen molar-refractivity contribution in [2.24, 2.45) is 0 Å². The number of benzene rings is 1. The van der Waals surface area contributed by atoms with Crippen molar-refractivity contribution < 1.29 is 14.2 Å². The number of rotatable bonds is 5. The molecule has 1 aliphatic rings. The van der Waals surface area contributed by atoms with Crippen LogP contribution in [0.15, 0.2) is 12.1 Å². The Morgan fingerprint density at radius 2 is 2.10 bits per heavy atom. The molecule has 2 aromatic rings. The molecule has 1 unspecified atom stereocenters. The molecule has 1 atom stereocenters. The third kappa shape index (κ3) is 2.58. The van der Waals surface area contributed by atoms with Gasteiger partial charge in [-0.2, -0.15) is 0 Å². The standard InChI is InChI=1S/C15H20N2O3/c1-18-13-8-11-12(9-14(13)19-2)17-15(16-11)6-5-10-4-3-7-20-10/h8-10H,3-7H2,1-2H3,(H,16,17). The summed E-state index contributed by atoms with van der Waals surface area (Å²) < 4.78 is 16.2. The molecule has 1 saturated heterocycles. The fourth-order valence-corrected chi connectivity index (χ4v) is 2.68. The Bertz CT molecular complexity index is 547. The van der Waals surface area contributed by atoms with E-state index in [0.29, 0.717) is 17.6 Å². The summed E-state index contributed by atoms with van der Waals surface area (Å²) in [7, 11) is 3.27. The van der Waals surface area contributed by atoms with Crippen molar-refractivity contribution in [1.29, 1.82) is 0 Å². The van der Waals surface area contributed by atoms with Crippen molar-refractivity contribution in [1.82, 2.24) is 9.97 Å². The van der Waals surface area contributed by atoms with E-state index in [1.165, 1.54) is 12.8 Å². The van der Waals surface area contributed by atoms with Crippen molar-refractivity contribution in [3.63, 3.8) is 0 Å². The van der Waals surface area contributed by atoms with Gasteiger partial charge in [0, 0.05) is 25.2 Å². The number of hydrogen-bond donors (Lipinski definition) is 1. The van der Waals surface area contributed by atoms with E-state index in [2.05, 4.69) is 9.97 Å². The van der Waals surface area contributed by atoms with Gasteiger partial charge in [-0.3, -0.25) is 0 Å². The van der Waals surface area contributed by atoms with Crippen molar-refractivity contribution in [3.05, 3.63) is 18.0 Å². The summed E-state index contributed by atoms with van der Waals surface area (Å²) in [5.74, 6) is 2.41. The number of nitrogens with one attached hydrogen (secondary N) is 1. The fraction of sp³-hybridized carbons (Fsp3) is 0.533. The molecule has 0 amide bonds. The number of aryl methyl sites for hydroxylation is 1. The van der Waals surface area contributed by atoms with Gasteiger partial charge >= 0.3 is 0 Å². The molecule has 5 heteroatoms. The van der Waals surface area contributed by atoms with E-state index < -0.39 is 0 Å². The van der Waals surface area contributed by atoms with Gasteiger partial charge in [0.25, 0.3) is 0 Å². The summed E-state index contributed by atoms with van der Waals surface area (Å²) in [6.07, 6.45) is 4.67. The van der Waals surface area contributed by atoms with Gasteiger partial charge in [0.05, 0.1) is 31.4 Å². The first kappa shape index (κ1) is 13.2. The average Bonchev–Trinajstić information content (AvgIpc) is 3.11. The monoisotopic (exact) mass is 276 g/mol. The zero-order valence-electron chi connectivity index (χ0n) is 11.9. The SMILES string of the molecule is COc1cc2nc(CCC3CCCO3)[nH]c2cc1OC. The number of methoxy groups -OCH3 is 2. The van der Waals surface area contributed by atoms with Crippen LogP contribution in [0, 0.1) is 0 Å². The first-order valence-electron chi connectivity index (χ1n) is 7.02. The molecule has 1 aliphatic heterocycles. The molecule has 1 N–H and O–H groups in total. The van der Waals surface area contributed by atoms with Crippen molar-refractivity contribution >= 4 is 11.0 Å². The van der Waals surface area contributed by atoms with Gasteiger partial charge < -0.3 is 19.2 Å². The van der Waals surface area contributed by atoms with Crippen LogP contribution in [0.1, 0.15) is 25.1 Å². The highest BCUT2D eigenvalue weighted by molar-refractivity contribution is 5.79. The molecule has 20 heavy (non-hydrogen) atoms. The van der Waals surface area contributed by atoms with Crippen molar-refractivity contribution in [2.75, 3.05) is 20.8 Å². The van der Waals surface area contributed by atoms with Gasteiger partial charge in [-0.15, -0.1) is 0 Å². The largest absolute Gasteiger partial charge is 0.493 e. The molecule has 0 aliphatic carbocycles. The Hall–Kier alpha value is -1.75. The summed E-state index contributed by atoms with van der Waals surface area (Å²) in [5.41, 5.74) is 1.88. The Labute approximate surface area is 118 Å². The smallest absolute Gasteiger partial charge is 0.163 e. The van der Waals surface area contributed by atoms with Gasteiger partial charge in [-0.25, -0.2) is 4.98 Å². The van der Waals surface area contributed by atoms with Crippen LogP contribution in [0.25, 0.3) is 11.0 Å². The average molecular weight is 276 g/mol. The van der Waals surface area contributed by atoms with Gasteiger partial charge in [0.15, 0.2) is 11.5 Å². The van der Waals surface area contributed by atoms with E-state index in [4.69, 9.17) is 14.2 Å². The number of aromatic nitrogens is 2. The molecule has 0 radical (unpaired) electrons. The highest BCUT2D eigenvalue weighted by Gasteiger charge is 2.16. The molecule has 108 valence electrons. The van der Waals surface area contributed by atoms with Crippen LogP contribution in [0.4, 0.5) is 0 Å². The molecule has 1 aromatic heterocycles. The number of fused-ring (bicyclic) bond motifs is 1. The maximum Gasteiger partial charge on any atom is 0.163 e. The third-order valence-electron chi connectivity index (χ3n) is 3.76. The summed E-state index contributed by atoms with van der Waals surface area (Å²) in [5, 5.41) is 0. The van der Waals surface area contributed by atoms with E-state index >= 15 is 0 Å². The zero-order chi connectivity index (χ0) is 13.9. The second-order valence-corrected chi connectivity index (χ2v) is 5.08. The number of ether oxygens (including phenoxy) is 3. The van der Waals surface area contributed by atoms with E-state index in [9.17, 15) is 0 Å². The fourth-order valence-electron chi connectivity index (χ4n) is 2.68. The molecule has 5 nitrogen and oxygen atoms in total. The van der Waals surface area contributed by atoms with E-state index in [1.54, 1.807) is 14.2 Å². The molecule has 0 bridgehead atoms. The zero-order valence-corrected chi connectivity index (χ0v) is 11.9. The Morgan fingerprint density at radius 3 is 2.80 bits per heavy atom. The van der Waals surface area contributed by atoms with Crippen LogP contribution >= 0.6 is 0 Å². The summed E-state index contributed by atoms with van der Waals surface area (Å²) in [6, 6.07) is 3.83. The van der Waals surface area contributed by atoms with Gasteiger partial charge in [0.1, 0.15) is 5.82 Å². The lowest BCUT2D eigenvalue weighted by Gasteiger charge is -2.06. The molecule has 0 spiro atoms. The van der Waals surface area contributed by atoms with Crippen LogP contribution in [0.2, 0.25) is 0 Å². The second-order valence-electron chi connectivity index (χ2n) is 5.08. The lowest BCUT2D eigenvalue weighted by Crippen LogP contribution is -2.06. The number of nitrogens with zero attached hydrogens (tertiary/aromatic N) is 1. The van der Waals surface area contributed by atoms with Crippen LogP contribution in [-0.4, -0.2) is 36.9 Å². The molecule has 0 saturated carbocycles. The molecule has 2 heterocycles. The van der Waals surface area contributed by atoms with E-state index in [0.717, 1.165) is 36.3 Å². The quantitative estimate of drug-likeness (QED) is 0.912. The van der Waals surface area contributed by atoms with E-state index in [1.807, 2.05) is 12.1 Å². The number of imidazole rings is 1. The summed E-state index contributed by atoms with van der Waals surface area (Å²) in [6.45, 7) is 0.902. The molecule has 1 fully saturated rings. The second kappa shape index (κ2) is 5.71. The topological polar surface area (TPSA) is 56.4 Å². The Balaban J connectivity index is 1.78.